The van der Waals surface area contributed by atoms with Gasteiger partial charge in [0.25, 0.3) is 0 Å². The van der Waals surface area contributed by atoms with Crippen molar-refractivity contribution in [2.45, 2.75) is 39.4 Å². The topological polar surface area (TPSA) is 42.7 Å². The third-order valence-corrected chi connectivity index (χ3v) is 3.69. The summed E-state index contributed by atoms with van der Waals surface area (Å²) in [6.07, 6.45) is 1.98. The quantitative estimate of drug-likeness (QED) is 0.938. The summed E-state index contributed by atoms with van der Waals surface area (Å²) in [5.74, 6) is 0. The lowest BCUT2D eigenvalue weighted by atomic mass is 10.1. The molecule has 2 heterocycles. The predicted molar refractivity (Wildman–Crippen MR) is 74.9 cm³/mol. The van der Waals surface area contributed by atoms with E-state index in [4.69, 9.17) is 11.6 Å². The minimum absolute atomic E-state index is 0.0213. The van der Waals surface area contributed by atoms with E-state index >= 15 is 0 Å². The Morgan fingerprint density at radius 3 is 2.67 bits per heavy atom. The molecule has 0 unspecified atom stereocenters. The Labute approximate surface area is 116 Å². The van der Waals surface area contributed by atoms with Crippen molar-refractivity contribution in [2.75, 3.05) is 0 Å². The van der Waals surface area contributed by atoms with Crippen LogP contribution in [0.3, 0.4) is 0 Å². The molecule has 0 aliphatic heterocycles. The van der Waals surface area contributed by atoms with E-state index in [0.29, 0.717) is 6.54 Å². The number of hydrogen-bond donors (Lipinski definition) is 1. The summed E-state index contributed by atoms with van der Waals surface area (Å²) in [6.45, 7) is 7.83. The Morgan fingerprint density at radius 2 is 2.11 bits per heavy atom. The number of aromatic nitrogens is 3. The van der Waals surface area contributed by atoms with Crippen molar-refractivity contribution < 1.29 is 0 Å². The standard InChI is InChI=1S/C12H17ClN4S/c1-12(2,3)17-8-9(15-16-17)6-14-7-10-4-5-11(13)18-10/h4-5,8,14H,6-7H2,1-3H3. The first kappa shape index (κ1) is 13.5. The van der Waals surface area contributed by atoms with Gasteiger partial charge in [0.1, 0.15) is 0 Å². The Bertz CT molecular complexity index is 512. The summed E-state index contributed by atoms with van der Waals surface area (Å²) in [5.41, 5.74) is 0.930. The zero-order chi connectivity index (χ0) is 13.2. The van der Waals surface area contributed by atoms with Gasteiger partial charge in [-0.2, -0.15) is 0 Å². The second kappa shape index (κ2) is 5.38. The van der Waals surface area contributed by atoms with Crippen LogP contribution in [0.2, 0.25) is 4.34 Å². The van der Waals surface area contributed by atoms with Crippen molar-refractivity contribution in [3.63, 3.8) is 0 Å². The zero-order valence-electron chi connectivity index (χ0n) is 10.8. The van der Waals surface area contributed by atoms with Crippen molar-refractivity contribution in [1.82, 2.24) is 20.3 Å². The maximum Gasteiger partial charge on any atom is 0.0965 e. The Hall–Kier alpha value is -0.910. The first-order valence-corrected chi connectivity index (χ1v) is 7.01. The van der Waals surface area contributed by atoms with Crippen LogP contribution in [0.25, 0.3) is 0 Å². The summed E-state index contributed by atoms with van der Waals surface area (Å²) in [5, 5.41) is 11.6. The average molecular weight is 285 g/mol. The van der Waals surface area contributed by atoms with E-state index in [-0.39, 0.29) is 5.54 Å². The van der Waals surface area contributed by atoms with Gasteiger partial charge in [0.2, 0.25) is 0 Å². The Balaban J connectivity index is 1.85. The predicted octanol–water partition coefficient (Wildman–Crippen LogP) is 3.04. The van der Waals surface area contributed by atoms with Crippen molar-refractivity contribution in [2.24, 2.45) is 0 Å². The molecule has 0 saturated carbocycles. The van der Waals surface area contributed by atoms with Gasteiger partial charge in [-0.25, -0.2) is 4.68 Å². The summed E-state index contributed by atoms with van der Waals surface area (Å²) in [4.78, 5) is 1.23. The van der Waals surface area contributed by atoms with Gasteiger partial charge >= 0.3 is 0 Å². The second-order valence-electron chi connectivity index (χ2n) is 5.13. The van der Waals surface area contributed by atoms with Crippen LogP contribution >= 0.6 is 22.9 Å². The van der Waals surface area contributed by atoms with Crippen molar-refractivity contribution >= 4 is 22.9 Å². The van der Waals surface area contributed by atoms with Gasteiger partial charge in [-0.15, -0.1) is 16.4 Å². The van der Waals surface area contributed by atoms with Crippen LogP contribution in [-0.2, 0) is 18.6 Å². The first-order valence-electron chi connectivity index (χ1n) is 5.82. The molecule has 98 valence electrons. The molecule has 4 nitrogen and oxygen atoms in total. The lowest BCUT2D eigenvalue weighted by Gasteiger charge is -2.17. The molecule has 0 amide bonds. The average Bonchev–Trinajstić information content (AvgIpc) is 2.87. The molecule has 0 saturated heterocycles. The molecule has 2 aromatic rings. The highest BCUT2D eigenvalue weighted by molar-refractivity contribution is 7.16. The molecule has 0 radical (unpaired) electrons. The van der Waals surface area contributed by atoms with E-state index in [1.807, 2.05) is 23.0 Å². The van der Waals surface area contributed by atoms with Gasteiger partial charge in [-0.05, 0) is 32.9 Å². The molecule has 0 aromatic carbocycles. The number of hydrogen-bond acceptors (Lipinski definition) is 4. The molecule has 0 fully saturated rings. The second-order valence-corrected chi connectivity index (χ2v) is 6.93. The molecule has 18 heavy (non-hydrogen) atoms. The molecule has 0 aliphatic rings. The summed E-state index contributed by atoms with van der Waals surface area (Å²) in [6, 6.07) is 3.95. The van der Waals surface area contributed by atoms with Gasteiger partial charge in [0, 0.05) is 18.0 Å². The smallest absolute Gasteiger partial charge is 0.0965 e. The van der Waals surface area contributed by atoms with Crippen LogP contribution in [0, 0.1) is 0 Å². The van der Waals surface area contributed by atoms with Crippen LogP contribution in [0.1, 0.15) is 31.3 Å². The normalized spacial score (nSPS) is 12.0. The monoisotopic (exact) mass is 284 g/mol. The molecule has 0 atom stereocenters. The van der Waals surface area contributed by atoms with E-state index in [9.17, 15) is 0 Å². The molecular weight excluding hydrogens is 268 g/mol. The van der Waals surface area contributed by atoms with Crippen molar-refractivity contribution in [3.05, 3.63) is 33.2 Å². The van der Waals surface area contributed by atoms with Crippen LogP contribution in [0.4, 0.5) is 0 Å². The zero-order valence-corrected chi connectivity index (χ0v) is 12.3. The van der Waals surface area contributed by atoms with E-state index in [2.05, 4.69) is 36.4 Å². The van der Waals surface area contributed by atoms with E-state index < -0.39 is 0 Å². The van der Waals surface area contributed by atoms with Gasteiger partial charge in [0.15, 0.2) is 0 Å². The molecule has 2 aromatic heterocycles. The highest BCUT2D eigenvalue weighted by Gasteiger charge is 2.14. The SMILES string of the molecule is CC(C)(C)n1cc(CNCc2ccc(Cl)s2)nn1. The maximum absolute atomic E-state index is 5.87. The fourth-order valence-corrected chi connectivity index (χ4v) is 2.52. The third kappa shape index (κ3) is 3.54. The number of rotatable bonds is 4. The number of nitrogens with one attached hydrogen (secondary N) is 1. The van der Waals surface area contributed by atoms with Crippen LogP contribution < -0.4 is 5.32 Å². The minimum atomic E-state index is -0.0213. The molecule has 2 rings (SSSR count). The molecule has 0 spiro atoms. The van der Waals surface area contributed by atoms with E-state index in [1.165, 1.54) is 4.88 Å². The van der Waals surface area contributed by atoms with Crippen LogP contribution in [0.15, 0.2) is 18.3 Å². The van der Waals surface area contributed by atoms with Crippen LogP contribution in [-0.4, -0.2) is 15.0 Å². The summed E-state index contributed by atoms with van der Waals surface area (Å²) in [7, 11) is 0. The highest BCUT2D eigenvalue weighted by atomic mass is 35.5. The van der Waals surface area contributed by atoms with Gasteiger partial charge in [-0.1, -0.05) is 16.8 Å². The molecular formula is C12H17ClN4S. The highest BCUT2D eigenvalue weighted by Crippen LogP contribution is 2.21. The fourth-order valence-electron chi connectivity index (χ4n) is 1.47. The van der Waals surface area contributed by atoms with Crippen molar-refractivity contribution in [3.8, 4) is 0 Å². The van der Waals surface area contributed by atoms with Gasteiger partial charge < -0.3 is 5.32 Å². The van der Waals surface area contributed by atoms with Crippen molar-refractivity contribution in [1.29, 1.82) is 0 Å². The van der Waals surface area contributed by atoms with E-state index in [1.54, 1.807) is 11.3 Å². The molecule has 0 bridgehead atoms. The first-order chi connectivity index (χ1) is 8.45. The summed E-state index contributed by atoms with van der Waals surface area (Å²) < 4.78 is 2.71. The largest absolute Gasteiger partial charge is 0.306 e. The number of nitrogens with zero attached hydrogens (tertiary/aromatic N) is 3. The van der Waals surface area contributed by atoms with Gasteiger partial charge in [-0.3, -0.25) is 0 Å². The summed E-state index contributed by atoms with van der Waals surface area (Å²) >= 11 is 7.47. The minimum Gasteiger partial charge on any atom is -0.306 e. The fraction of sp³-hybridized carbons (Fsp3) is 0.500. The molecule has 0 aliphatic carbocycles. The number of halogens is 1. The third-order valence-electron chi connectivity index (χ3n) is 2.46. The van der Waals surface area contributed by atoms with Gasteiger partial charge in [0.05, 0.1) is 21.8 Å². The molecule has 6 heteroatoms. The Morgan fingerprint density at radius 1 is 1.33 bits per heavy atom. The lowest BCUT2D eigenvalue weighted by molar-refractivity contribution is 0.347. The van der Waals surface area contributed by atoms with Crippen LogP contribution in [0.5, 0.6) is 0 Å². The Kier molecular flexibility index (Phi) is 4.04. The maximum atomic E-state index is 5.87. The number of thiophene rings is 1. The van der Waals surface area contributed by atoms with E-state index in [0.717, 1.165) is 16.6 Å². The lowest BCUT2D eigenvalue weighted by Crippen LogP contribution is -2.22. The molecule has 1 N–H and O–H groups in total.